The van der Waals surface area contributed by atoms with E-state index in [9.17, 15) is 22.8 Å². The lowest BCUT2D eigenvalue weighted by atomic mass is 10.2. The monoisotopic (exact) mass is 444 g/mol. The summed E-state index contributed by atoms with van der Waals surface area (Å²) in [5.74, 6) is -0.397. The quantitative estimate of drug-likeness (QED) is 0.531. The fourth-order valence-corrected chi connectivity index (χ4v) is 2.89. The van der Waals surface area contributed by atoms with Gasteiger partial charge in [0.15, 0.2) is 11.5 Å². The van der Waals surface area contributed by atoms with Crippen molar-refractivity contribution in [3.63, 3.8) is 0 Å². The number of anilines is 2. The molecule has 0 spiro atoms. The topological polar surface area (TPSA) is 102 Å². The van der Waals surface area contributed by atoms with Crippen molar-refractivity contribution in [3.8, 4) is 11.5 Å². The lowest BCUT2D eigenvalue weighted by Crippen LogP contribution is -2.41. The maximum Gasteiger partial charge on any atom is 0.416 e. The number of alkyl halides is 3. The number of nitrogens with zero attached hydrogens (tertiary/aromatic N) is 1. The third-order valence-corrected chi connectivity index (χ3v) is 4.43. The second-order valence-corrected chi connectivity index (χ2v) is 6.58. The van der Waals surface area contributed by atoms with Crippen LogP contribution in [0.5, 0.6) is 11.5 Å². The van der Waals surface area contributed by atoms with Crippen molar-refractivity contribution in [3.05, 3.63) is 77.5 Å². The van der Waals surface area contributed by atoms with Gasteiger partial charge in [-0.05, 0) is 48.5 Å². The molecule has 1 aliphatic rings. The van der Waals surface area contributed by atoms with Crippen LogP contribution in [0.25, 0.3) is 0 Å². The molecule has 1 aromatic heterocycles. The minimum atomic E-state index is -4.51. The number of amides is 2. The second kappa shape index (κ2) is 8.46. The van der Waals surface area contributed by atoms with E-state index < -0.39 is 23.6 Å². The molecule has 0 saturated carbocycles. The van der Waals surface area contributed by atoms with Crippen molar-refractivity contribution < 1.29 is 32.2 Å². The molecule has 32 heavy (non-hydrogen) atoms. The third-order valence-electron chi connectivity index (χ3n) is 4.43. The van der Waals surface area contributed by atoms with E-state index in [4.69, 9.17) is 9.47 Å². The number of hydrogen-bond acceptors (Lipinski definition) is 6. The van der Waals surface area contributed by atoms with Gasteiger partial charge in [0.1, 0.15) is 5.82 Å². The normalized spacial score (nSPS) is 12.2. The summed E-state index contributed by atoms with van der Waals surface area (Å²) in [7, 11) is 0. The first-order chi connectivity index (χ1) is 15.3. The zero-order valence-corrected chi connectivity index (χ0v) is 16.2. The molecule has 0 radical (unpaired) electrons. The summed E-state index contributed by atoms with van der Waals surface area (Å²) in [6, 6.07) is 11.9. The fraction of sp³-hybridized carbons (Fsp3) is 0.0952. The molecule has 0 bridgehead atoms. The molecule has 2 heterocycles. The van der Waals surface area contributed by atoms with Gasteiger partial charge in [-0.15, -0.1) is 0 Å². The van der Waals surface area contributed by atoms with E-state index in [2.05, 4.69) is 21.2 Å². The molecule has 0 atom stereocenters. The van der Waals surface area contributed by atoms with E-state index in [1.165, 1.54) is 42.6 Å². The van der Waals surface area contributed by atoms with Gasteiger partial charge < -0.3 is 14.8 Å². The molecule has 0 fully saturated rings. The zero-order chi connectivity index (χ0) is 22.7. The Morgan fingerprint density at radius 3 is 2.50 bits per heavy atom. The third kappa shape index (κ3) is 4.56. The van der Waals surface area contributed by atoms with Crippen LogP contribution in [-0.2, 0) is 6.18 Å². The van der Waals surface area contributed by atoms with Crippen LogP contribution in [0.2, 0.25) is 0 Å². The first-order valence-corrected chi connectivity index (χ1v) is 9.21. The van der Waals surface area contributed by atoms with E-state index in [0.717, 1.165) is 12.1 Å². The molecule has 3 aromatic rings. The summed E-state index contributed by atoms with van der Waals surface area (Å²) in [5, 5.41) is 2.70. The molecular formula is C21H15F3N4O4. The molecule has 0 aliphatic carbocycles. The second-order valence-electron chi connectivity index (χ2n) is 6.58. The Morgan fingerprint density at radius 2 is 1.69 bits per heavy atom. The molecule has 4 rings (SSSR count). The number of halogens is 3. The van der Waals surface area contributed by atoms with Gasteiger partial charge in [-0.2, -0.15) is 13.2 Å². The van der Waals surface area contributed by atoms with E-state index >= 15 is 0 Å². The lowest BCUT2D eigenvalue weighted by molar-refractivity contribution is -0.137. The number of fused-ring (bicyclic) bond motifs is 1. The van der Waals surface area contributed by atoms with Crippen LogP contribution in [0.4, 0.5) is 24.7 Å². The number of ether oxygens (including phenoxy) is 2. The number of hydrazine groups is 1. The highest BCUT2D eigenvalue weighted by Crippen LogP contribution is 2.33. The number of carbonyl (C=O) groups is 2. The molecule has 164 valence electrons. The van der Waals surface area contributed by atoms with Crippen molar-refractivity contribution in [1.82, 2.24) is 15.8 Å². The average Bonchev–Trinajstić information content (AvgIpc) is 3.25. The fourth-order valence-electron chi connectivity index (χ4n) is 2.89. The van der Waals surface area contributed by atoms with Crippen LogP contribution in [-0.4, -0.2) is 23.6 Å². The van der Waals surface area contributed by atoms with Gasteiger partial charge in [-0.25, -0.2) is 4.98 Å². The smallest absolute Gasteiger partial charge is 0.416 e. The van der Waals surface area contributed by atoms with E-state index in [1.807, 2.05) is 0 Å². The first kappa shape index (κ1) is 21.0. The highest BCUT2D eigenvalue weighted by molar-refractivity contribution is 6.02. The summed E-state index contributed by atoms with van der Waals surface area (Å²) >= 11 is 0. The molecule has 0 saturated heterocycles. The van der Waals surface area contributed by atoms with Crippen LogP contribution in [0.3, 0.4) is 0 Å². The molecule has 11 heteroatoms. The van der Waals surface area contributed by atoms with Gasteiger partial charge >= 0.3 is 6.18 Å². The van der Waals surface area contributed by atoms with Crippen LogP contribution in [0.15, 0.2) is 60.8 Å². The van der Waals surface area contributed by atoms with Crippen molar-refractivity contribution in [2.45, 2.75) is 6.18 Å². The SMILES string of the molecule is O=C(NNC(=O)c1cccnc1Nc1cccc(C(F)(F)F)c1)c1ccc2c(c1)OCO2. The largest absolute Gasteiger partial charge is 0.454 e. The Kier molecular flexibility index (Phi) is 5.54. The Morgan fingerprint density at radius 1 is 0.906 bits per heavy atom. The van der Waals surface area contributed by atoms with Gasteiger partial charge in [0.2, 0.25) is 6.79 Å². The van der Waals surface area contributed by atoms with Crippen molar-refractivity contribution in [2.24, 2.45) is 0 Å². The minimum absolute atomic E-state index is 0.0101. The Bertz CT molecular complexity index is 1180. The maximum absolute atomic E-state index is 12.9. The summed E-state index contributed by atoms with van der Waals surface area (Å²) in [6.07, 6.45) is -3.14. The highest BCUT2D eigenvalue weighted by atomic mass is 19.4. The van der Waals surface area contributed by atoms with E-state index in [-0.39, 0.29) is 29.4 Å². The molecule has 1 aliphatic heterocycles. The van der Waals surface area contributed by atoms with Crippen molar-refractivity contribution in [1.29, 1.82) is 0 Å². The van der Waals surface area contributed by atoms with Gasteiger partial charge in [0.25, 0.3) is 11.8 Å². The van der Waals surface area contributed by atoms with E-state index in [0.29, 0.717) is 11.5 Å². The number of rotatable bonds is 4. The number of hydrogen-bond donors (Lipinski definition) is 3. The Hall–Kier alpha value is -4.28. The van der Waals surface area contributed by atoms with E-state index in [1.54, 1.807) is 6.07 Å². The average molecular weight is 444 g/mol. The summed E-state index contributed by atoms with van der Waals surface area (Å²) in [4.78, 5) is 28.9. The van der Waals surface area contributed by atoms with Crippen LogP contribution in [0, 0.1) is 0 Å². The lowest BCUT2D eigenvalue weighted by Gasteiger charge is -2.13. The Labute approximate surface area is 179 Å². The maximum atomic E-state index is 12.9. The molecule has 2 amide bonds. The predicted octanol–water partition coefficient (Wildman–Crippen LogP) is 3.65. The Balaban J connectivity index is 1.45. The molecular weight excluding hydrogens is 429 g/mol. The summed E-state index contributed by atoms with van der Waals surface area (Å²) in [5.41, 5.74) is 4.01. The van der Waals surface area contributed by atoms with Crippen molar-refractivity contribution in [2.75, 3.05) is 12.1 Å². The van der Waals surface area contributed by atoms with Crippen LogP contribution in [0.1, 0.15) is 26.3 Å². The standard InChI is InChI=1S/C21H15F3N4O4/c22-21(23,24)13-3-1-4-14(10-13)26-18-15(5-2-8-25-18)20(30)28-27-19(29)12-6-7-16-17(9-12)32-11-31-16/h1-10H,11H2,(H,25,26)(H,27,29)(H,28,30). The number of carbonyl (C=O) groups excluding carboxylic acids is 2. The zero-order valence-electron chi connectivity index (χ0n) is 16.2. The van der Waals surface area contributed by atoms with Crippen molar-refractivity contribution >= 4 is 23.3 Å². The summed E-state index contributed by atoms with van der Waals surface area (Å²) < 4.78 is 49.2. The van der Waals surface area contributed by atoms with Gasteiger partial charge in [0, 0.05) is 17.4 Å². The molecule has 8 nitrogen and oxygen atoms in total. The summed E-state index contributed by atoms with van der Waals surface area (Å²) in [6.45, 7) is 0.0554. The first-order valence-electron chi connectivity index (χ1n) is 9.21. The van der Waals surface area contributed by atoms with Crippen LogP contribution < -0.4 is 25.6 Å². The predicted molar refractivity (Wildman–Crippen MR) is 106 cm³/mol. The molecule has 0 unspecified atom stereocenters. The number of pyridine rings is 1. The van der Waals surface area contributed by atoms with Gasteiger partial charge in [-0.1, -0.05) is 6.07 Å². The van der Waals surface area contributed by atoms with Gasteiger partial charge in [0.05, 0.1) is 11.1 Å². The van der Waals surface area contributed by atoms with Gasteiger partial charge in [-0.3, -0.25) is 20.4 Å². The highest BCUT2D eigenvalue weighted by Gasteiger charge is 2.30. The molecule has 2 aromatic carbocycles. The number of nitrogens with one attached hydrogen (secondary N) is 3. The molecule has 3 N–H and O–H groups in total. The number of benzene rings is 2. The van der Waals surface area contributed by atoms with Crippen LogP contribution >= 0.6 is 0 Å². The minimum Gasteiger partial charge on any atom is -0.454 e. The number of aromatic nitrogens is 1.